The Labute approximate surface area is 113 Å². The van der Waals surface area contributed by atoms with Crippen LogP contribution in [-0.2, 0) is 0 Å². The molecule has 0 fully saturated rings. The smallest absolute Gasteiger partial charge is 0.214 e. The fourth-order valence-electron chi connectivity index (χ4n) is 1.81. The van der Waals surface area contributed by atoms with Crippen LogP contribution in [0.5, 0.6) is 11.5 Å². The minimum absolute atomic E-state index is 0.564. The van der Waals surface area contributed by atoms with E-state index in [2.05, 4.69) is 10.1 Å². The predicted molar refractivity (Wildman–Crippen MR) is 73.8 cm³/mol. The number of methoxy groups -OCH3 is 2. The van der Waals surface area contributed by atoms with Gasteiger partial charge in [0.05, 0.1) is 19.8 Å². The van der Waals surface area contributed by atoms with E-state index in [-0.39, 0.29) is 0 Å². The van der Waals surface area contributed by atoms with Gasteiger partial charge in [-0.05, 0) is 18.2 Å². The molecule has 0 aliphatic rings. The van der Waals surface area contributed by atoms with Crippen LogP contribution in [0.1, 0.15) is 0 Å². The highest BCUT2D eigenvalue weighted by Crippen LogP contribution is 2.32. The molecule has 0 bridgehead atoms. The summed E-state index contributed by atoms with van der Waals surface area (Å²) in [5.74, 6) is 2.55. The third-order valence-corrected chi connectivity index (χ3v) is 3.59. The number of hydrogen-bond acceptors (Lipinski definition) is 6. The summed E-state index contributed by atoms with van der Waals surface area (Å²) < 4.78 is 12.2. The molecule has 0 aliphatic carbocycles. The van der Waals surface area contributed by atoms with Gasteiger partial charge in [0, 0.05) is 5.38 Å². The topological polar surface area (TPSA) is 74.7 Å². The molecule has 98 valence electrons. The molecule has 2 heterocycles. The quantitative estimate of drug-likeness (QED) is 0.792. The third kappa shape index (κ3) is 1.88. The molecule has 3 aromatic rings. The molecule has 2 aromatic heterocycles. The molecule has 1 aromatic carbocycles. The number of ether oxygens (including phenoxy) is 2. The van der Waals surface area contributed by atoms with Crippen LogP contribution in [0.15, 0.2) is 23.6 Å². The van der Waals surface area contributed by atoms with Crippen molar-refractivity contribution in [1.82, 2.24) is 14.6 Å². The zero-order chi connectivity index (χ0) is 13.4. The van der Waals surface area contributed by atoms with Gasteiger partial charge in [-0.15, -0.1) is 16.4 Å². The van der Waals surface area contributed by atoms with Gasteiger partial charge in [0.25, 0.3) is 0 Å². The first kappa shape index (κ1) is 11.8. The molecule has 0 saturated carbocycles. The molecular formula is C12H12N4O2S. The second-order valence-corrected chi connectivity index (χ2v) is 4.69. The summed E-state index contributed by atoms with van der Waals surface area (Å²) >= 11 is 1.45. The van der Waals surface area contributed by atoms with Crippen LogP contribution in [-0.4, -0.2) is 28.8 Å². The van der Waals surface area contributed by atoms with Crippen LogP contribution in [0.4, 0.5) is 5.82 Å². The van der Waals surface area contributed by atoms with Gasteiger partial charge < -0.3 is 15.2 Å². The van der Waals surface area contributed by atoms with Gasteiger partial charge in [-0.1, -0.05) is 0 Å². The molecule has 0 aliphatic heterocycles. The van der Waals surface area contributed by atoms with E-state index >= 15 is 0 Å². The fourth-order valence-corrected chi connectivity index (χ4v) is 2.52. The SMILES string of the molecule is COc1ccc(OC)c(-c2nc3scc(N)n3n2)c1. The number of fused-ring (bicyclic) bond motifs is 1. The van der Waals surface area contributed by atoms with Crippen LogP contribution in [0.2, 0.25) is 0 Å². The predicted octanol–water partition coefficient (Wildman–Crippen LogP) is 2.06. The van der Waals surface area contributed by atoms with E-state index < -0.39 is 0 Å². The number of anilines is 1. The van der Waals surface area contributed by atoms with Crippen molar-refractivity contribution in [2.24, 2.45) is 0 Å². The first-order chi connectivity index (χ1) is 9.22. The summed E-state index contributed by atoms with van der Waals surface area (Å²) in [6.07, 6.45) is 0. The number of hydrogen-bond donors (Lipinski definition) is 1. The summed E-state index contributed by atoms with van der Waals surface area (Å²) in [5, 5.41) is 6.19. The Morgan fingerprint density at radius 1 is 1.26 bits per heavy atom. The summed E-state index contributed by atoms with van der Waals surface area (Å²) in [6.45, 7) is 0. The second-order valence-electron chi connectivity index (χ2n) is 3.86. The molecule has 0 unspecified atom stereocenters. The van der Waals surface area contributed by atoms with Crippen molar-refractivity contribution in [3.05, 3.63) is 23.6 Å². The van der Waals surface area contributed by atoms with Crippen molar-refractivity contribution in [2.75, 3.05) is 20.0 Å². The third-order valence-electron chi connectivity index (χ3n) is 2.75. The molecule has 0 saturated heterocycles. The maximum atomic E-state index is 5.81. The van der Waals surface area contributed by atoms with Crippen molar-refractivity contribution >= 4 is 22.1 Å². The van der Waals surface area contributed by atoms with E-state index in [1.54, 1.807) is 18.7 Å². The second kappa shape index (κ2) is 4.43. The molecular weight excluding hydrogens is 264 g/mol. The van der Waals surface area contributed by atoms with Crippen LogP contribution in [0.3, 0.4) is 0 Å². The Hall–Kier alpha value is -2.28. The van der Waals surface area contributed by atoms with E-state index in [1.165, 1.54) is 11.3 Å². The van der Waals surface area contributed by atoms with Crippen molar-refractivity contribution < 1.29 is 9.47 Å². The number of nitrogen functional groups attached to an aromatic ring is 1. The van der Waals surface area contributed by atoms with Gasteiger partial charge in [-0.3, -0.25) is 0 Å². The van der Waals surface area contributed by atoms with E-state index in [0.29, 0.717) is 17.4 Å². The number of aromatic nitrogens is 3. The Morgan fingerprint density at radius 3 is 2.79 bits per heavy atom. The van der Waals surface area contributed by atoms with Crippen LogP contribution >= 0.6 is 11.3 Å². The van der Waals surface area contributed by atoms with Gasteiger partial charge in [0.1, 0.15) is 17.3 Å². The Morgan fingerprint density at radius 2 is 2.11 bits per heavy atom. The van der Waals surface area contributed by atoms with Gasteiger partial charge in [0.15, 0.2) is 5.82 Å². The first-order valence-electron chi connectivity index (χ1n) is 5.55. The molecule has 7 heteroatoms. The largest absolute Gasteiger partial charge is 0.497 e. The molecule has 0 amide bonds. The lowest BCUT2D eigenvalue weighted by Crippen LogP contribution is -1.94. The van der Waals surface area contributed by atoms with E-state index in [1.807, 2.05) is 23.6 Å². The maximum Gasteiger partial charge on any atom is 0.214 e. The number of benzene rings is 1. The van der Waals surface area contributed by atoms with Gasteiger partial charge in [-0.2, -0.15) is 9.50 Å². The molecule has 6 nitrogen and oxygen atoms in total. The highest BCUT2D eigenvalue weighted by atomic mass is 32.1. The zero-order valence-electron chi connectivity index (χ0n) is 10.5. The summed E-state index contributed by atoms with van der Waals surface area (Å²) in [6, 6.07) is 5.50. The first-order valence-corrected chi connectivity index (χ1v) is 6.43. The number of thiazole rings is 1. The van der Waals surface area contributed by atoms with Crippen molar-refractivity contribution in [3.63, 3.8) is 0 Å². The number of rotatable bonds is 3. The number of nitrogens with zero attached hydrogens (tertiary/aromatic N) is 3. The van der Waals surface area contributed by atoms with Crippen LogP contribution in [0.25, 0.3) is 16.3 Å². The van der Waals surface area contributed by atoms with Crippen molar-refractivity contribution in [3.8, 4) is 22.9 Å². The summed E-state index contributed by atoms with van der Waals surface area (Å²) in [7, 11) is 3.22. The molecule has 19 heavy (non-hydrogen) atoms. The zero-order valence-corrected chi connectivity index (χ0v) is 11.3. The highest BCUT2D eigenvalue weighted by molar-refractivity contribution is 7.15. The van der Waals surface area contributed by atoms with Crippen LogP contribution < -0.4 is 15.2 Å². The molecule has 3 rings (SSSR count). The minimum Gasteiger partial charge on any atom is -0.497 e. The lowest BCUT2D eigenvalue weighted by molar-refractivity contribution is 0.404. The van der Waals surface area contributed by atoms with Gasteiger partial charge in [0.2, 0.25) is 4.96 Å². The van der Waals surface area contributed by atoms with Gasteiger partial charge in [-0.25, -0.2) is 0 Å². The average molecular weight is 276 g/mol. The molecule has 0 spiro atoms. The van der Waals surface area contributed by atoms with E-state index in [9.17, 15) is 0 Å². The van der Waals surface area contributed by atoms with Gasteiger partial charge >= 0.3 is 0 Å². The highest BCUT2D eigenvalue weighted by Gasteiger charge is 2.14. The normalized spacial score (nSPS) is 10.8. The Bertz CT molecular complexity index is 734. The van der Waals surface area contributed by atoms with Crippen molar-refractivity contribution in [2.45, 2.75) is 0 Å². The van der Waals surface area contributed by atoms with E-state index in [0.717, 1.165) is 16.3 Å². The lowest BCUT2D eigenvalue weighted by Gasteiger charge is -2.07. The molecule has 0 atom stereocenters. The average Bonchev–Trinajstić information content (AvgIpc) is 3.00. The van der Waals surface area contributed by atoms with Crippen LogP contribution in [0, 0.1) is 0 Å². The summed E-state index contributed by atoms with van der Waals surface area (Å²) in [4.78, 5) is 5.19. The standard InChI is InChI=1S/C12H12N4O2S/c1-17-7-3-4-9(18-2)8(5-7)11-14-12-16(15-11)10(13)6-19-12/h3-6H,13H2,1-2H3. The molecule has 0 radical (unpaired) electrons. The van der Waals surface area contributed by atoms with E-state index in [4.69, 9.17) is 15.2 Å². The number of nitrogens with two attached hydrogens (primary N) is 1. The Balaban J connectivity index is 2.18. The maximum absolute atomic E-state index is 5.81. The Kier molecular flexibility index (Phi) is 2.75. The monoisotopic (exact) mass is 276 g/mol. The lowest BCUT2D eigenvalue weighted by atomic mass is 10.2. The summed E-state index contributed by atoms with van der Waals surface area (Å²) in [5.41, 5.74) is 6.58. The molecule has 2 N–H and O–H groups in total. The fraction of sp³-hybridized carbons (Fsp3) is 0.167. The van der Waals surface area contributed by atoms with Crippen molar-refractivity contribution in [1.29, 1.82) is 0 Å². The minimum atomic E-state index is 0.564.